The van der Waals surface area contributed by atoms with E-state index >= 15 is 0 Å². The minimum absolute atomic E-state index is 0.891. The molecule has 0 aliphatic heterocycles. The van der Waals surface area contributed by atoms with Gasteiger partial charge in [-0.05, 0) is 156 Å². The van der Waals surface area contributed by atoms with E-state index in [0.29, 0.717) is 0 Å². The van der Waals surface area contributed by atoms with Gasteiger partial charge in [0.2, 0.25) is 0 Å². The van der Waals surface area contributed by atoms with Crippen molar-refractivity contribution in [1.82, 2.24) is 4.57 Å². The summed E-state index contributed by atoms with van der Waals surface area (Å²) >= 11 is 0. The van der Waals surface area contributed by atoms with Crippen LogP contribution in [0.1, 0.15) is 0 Å². The van der Waals surface area contributed by atoms with Gasteiger partial charge in [0, 0.05) is 49.7 Å². The Morgan fingerprint density at radius 1 is 0.280 bits per heavy atom. The number of hydrogen-bond donors (Lipinski definition) is 0. The Balaban J connectivity index is 0.802. The van der Waals surface area contributed by atoms with Gasteiger partial charge in [0.15, 0.2) is 0 Å². The predicted octanol–water partition coefficient (Wildman–Crippen LogP) is 20.3. The number of anilines is 3. The highest BCUT2D eigenvalue weighted by molar-refractivity contribution is 6.19. The largest absolute Gasteiger partial charge is 0.455 e. The van der Waals surface area contributed by atoms with Gasteiger partial charge in [0.1, 0.15) is 11.2 Å². The molecule has 0 spiro atoms. The lowest BCUT2D eigenvalue weighted by Gasteiger charge is -2.26. The van der Waals surface area contributed by atoms with Crippen LogP contribution in [-0.2, 0) is 0 Å². The lowest BCUT2D eigenvalue weighted by molar-refractivity contribution is 0.673. The fraction of sp³-hybridized carbons (Fsp3) is 0. The van der Waals surface area contributed by atoms with Gasteiger partial charge in [0.25, 0.3) is 0 Å². The number of nitrogens with zero attached hydrogens (tertiary/aromatic N) is 2. The molecule has 2 aromatic heterocycles. The maximum absolute atomic E-state index is 6.60. The van der Waals surface area contributed by atoms with Crippen LogP contribution >= 0.6 is 0 Å². The monoisotopic (exact) mass is 954 g/mol. The fourth-order valence-corrected chi connectivity index (χ4v) is 11.7. The molecule has 0 saturated heterocycles. The second-order valence-corrected chi connectivity index (χ2v) is 19.6. The third kappa shape index (κ3) is 7.20. The number of aromatic nitrogens is 1. The van der Waals surface area contributed by atoms with Crippen LogP contribution in [0.2, 0.25) is 0 Å². The van der Waals surface area contributed by atoms with Gasteiger partial charge < -0.3 is 13.9 Å². The van der Waals surface area contributed by atoms with Crippen molar-refractivity contribution < 1.29 is 4.42 Å². The SMILES string of the molecule is c1cc(-c2ccc(N(c3ccc(-c4cccc(-n5c6ccccc6c6ccccc65)c4)cc3)c3ccc(-c4cccc5oc6c7ccccc7ccc6c45)cc3)cc2)cc(-c2ccc3ccc4ccccc4c3c2)c1. The van der Waals surface area contributed by atoms with Gasteiger partial charge in [-0.1, -0.05) is 194 Å². The Labute approximate surface area is 434 Å². The Hall–Kier alpha value is -9.96. The lowest BCUT2D eigenvalue weighted by atomic mass is 9.95. The zero-order valence-electron chi connectivity index (χ0n) is 40.9. The Kier molecular flexibility index (Phi) is 9.89. The van der Waals surface area contributed by atoms with Crippen molar-refractivity contribution in [2.24, 2.45) is 0 Å². The maximum atomic E-state index is 6.60. The molecule has 15 rings (SSSR count). The van der Waals surface area contributed by atoms with Crippen LogP contribution in [0.5, 0.6) is 0 Å². The van der Waals surface area contributed by atoms with Crippen LogP contribution in [0.3, 0.4) is 0 Å². The Morgan fingerprint density at radius 2 is 0.747 bits per heavy atom. The molecule has 0 aliphatic rings. The molecule has 0 radical (unpaired) electrons. The maximum Gasteiger partial charge on any atom is 0.143 e. The van der Waals surface area contributed by atoms with Crippen molar-refractivity contribution >= 4 is 93.1 Å². The second kappa shape index (κ2) is 17.4. The predicted molar refractivity (Wildman–Crippen MR) is 317 cm³/mol. The van der Waals surface area contributed by atoms with E-state index in [0.717, 1.165) is 77.9 Å². The molecule has 0 saturated carbocycles. The minimum Gasteiger partial charge on any atom is -0.455 e. The summed E-state index contributed by atoms with van der Waals surface area (Å²) in [7, 11) is 0. The van der Waals surface area contributed by atoms with Crippen molar-refractivity contribution in [3.63, 3.8) is 0 Å². The molecule has 0 amide bonds. The van der Waals surface area contributed by atoms with Crippen molar-refractivity contribution in [2.75, 3.05) is 4.90 Å². The molecular formula is C72H46N2O. The number of rotatable bonds is 8. The summed E-state index contributed by atoms with van der Waals surface area (Å²) in [5, 5.41) is 12.1. The van der Waals surface area contributed by atoms with Gasteiger partial charge in [-0.2, -0.15) is 0 Å². The Morgan fingerprint density at radius 3 is 1.41 bits per heavy atom. The molecule has 13 aromatic carbocycles. The molecular weight excluding hydrogens is 909 g/mol. The summed E-state index contributed by atoms with van der Waals surface area (Å²) in [5.74, 6) is 0. The molecule has 0 atom stereocenters. The number of benzene rings is 13. The number of para-hydroxylation sites is 2. The van der Waals surface area contributed by atoms with E-state index in [1.807, 2.05) is 0 Å². The minimum atomic E-state index is 0.891. The molecule has 0 N–H and O–H groups in total. The highest BCUT2D eigenvalue weighted by atomic mass is 16.3. The summed E-state index contributed by atoms with van der Waals surface area (Å²) in [6.45, 7) is 0. The summed E-state index contributed by atoms with van der Waals surface area (Å²) in [4.78, 5) is 2.36. The molecule has 0 unspecified atom stereocenters. The molecule has 3 heteroatoms. The third-order valence-electron chi connectivity index (χ3n) is 15.4. The standard InChI is InChI=1S/C72H46N2O/c1-3-18-61-49(12-1)26-27-52-28-29-56(46-67(52)61)54-15-9-14-53(44-54)47-30-37-57(38-31-47)73(59-41-34-51(35-42-59)62-22-11-25-70-71(62)66-43-36-50-13-2-4-19-63(50)72(66)75-70)58-39-32-48(33-40-58)55-16-10-17-60(45-55)74-68-23-7-5-20-64(68)65-21-6-8-24-69(65)74/h1-46H. The molecule has 2 heterocycles. The quantitative estimate of drug-likeness (QED) is 0.142. The van der Waals surface area contributed by atoms with E-state index in [2.05, 4.69) is 289 Å². The molecule has 15 aromatic rings. The average Bonchev–Trinajstić information content (AvgIpc) is 4.07. The van der Waals surface area contributed by atoms with E-state index < -0.39 is 0 Å². The highest BCUT2D eigenvalue weighted by Gasteiger charge is 2.19. The van der Waals surface area contributed by atoms with Crippen LogP contribution in [0.4, 0.5) is 17.1 Å². The van der Waals surface area contributed by atoms with Gasteiger partial charge in [-0.3, -0.25) is 0 Å². The van der Waals surface area contributed by atoms with Gasteiger partial charge in [0.05, 0.1) is 11.0 Å². The van der Waals surface area contributed by atoms with Crippen LogP contribution in [0.15, 0.2) is 283 Å². The topological polar surface area (TPSA) is 21.3 Å². The summed E-state index contributed by atoms with van der Waals surface area (Å²) in [6.07, 6.45) is 0. The molecule has 0 bridgehead atoms. The molecule has 0 aliphatic carbocycles. The highest BCUT2D eigenvalue weighted by Crippen LogP contribution is 2.43. The molecule has 75 heavy (non-hydrogen) atoms. The number of hydrogen-bond acceptors (Lipinski definition) is 2. The summed E-state index contributed by atoms with van der Waals surface area (Å²) in [6, 6.07) is 101. The number of furan rings is 1. The van der Waals surface area contributed by atoms with E-state index in [1.54, 1.807) is 0 Å². The van der Waals surface area contributed by atoms with Gasteiger partial charge >= 0.3 is 0 Å². The number of fused-ring (bicyclic) bond motifs is 11. The van der Waals surface area contributed by atoms with Crippen molar-refractivity contribution in [1.29, 1.82) is 0 Å². The van der Waals surface area contributed by atoms with Gasteiger partial charge in [-0.25, -0.2) is 0 Å². The molecule has 0 fully saturated rings. The molecule has 350 valence electrons. The smallest absolute Gasteiger partial charge is 0.143 e. The van der Waals surface area contributed by atoms with Crippen molar-refractivity contribution in [2.45, 2.75) is 0 Å². The van der Waals surface area contributed by atoms with E-state index in [4.69, 9.17) is 4.42 Å². The van der Waals surface area contributed by atoms with E-state index in [1.165, 1.54) is 65.4 Å². The van der Waals surface area contributed by atoms with Crippen LogP contribution < -0.4 is 4.90 Å². The van der Waals surface area contributed by atoms with Crippen LogP contribution in [0, 0.1) is 0 Å². The second-order valence-electron chi connectivity index (χ2n) is 19.6. The van der Waals surface area contributed by atoms with E-state index in [9.17, 15) is 0 Å². The summed E-state index contributed by atoms with van der Waals surface area (Å²) in [5.41, 5.74) is 17.9. The van der Waals surface area contributed by atoms with Crippen LogP contribution in [0.25, 0.3) is 126 Å². The van der Waals surface area contributed by atoms with Crippen molar-refractivity contribution in [3.05, 3.63) is 279 Å². The zero-order valence-corrected chi connectivity index (χ0v) is 40.9. The summed E-state index contributed by atoms with van der Waals surface area (Å²) < 4.78 is 8.98. The third-order valence-corrected chi connectivity index (χ3v) is 15.4. The van der Waals surface area contributed by atoms with Crippen molar-refractivity contribution in [3.8, 4) is 50.2 Å². The first-order valence-electron chi connectivity index (χ1n) is 25.7. The first-order chi connectivity index (χ1) is 37.2. The first kappa shape index (κ1) is 42.7. The fourth-order valence-electron chi connectivity index (χ4n) is 11.7. The zero-order chi connectivity index (χ0) is 49.4. The van der Waals surface area contributed by atoms with E-state index in [-0.39, 0.29) is 0 Å². The normalized spacial score (nSPS) is 11.7. The van der Waals surface area contributed by atoms with Gasteiger partial charge in [-0.15, -0.1) is 0 Å². The van der Waals surface area contributed by atoms with Crippen LogP contribution in [-0.4, -0.2) is 4.57 Å². The molecule has 3 nitrogen and oxygen atoms in total. The lowest BCUT2D eigenvalue weighted by Crippen LogP contribution is -2.09. The first-order valence-corrected chi connectivity index (χ1v) is 25.7. The Bertz CT molecular complexity index is 4640. The average molecular weight is 955 g/mol.